The van der Waals surface area contributed by atoms with Gasteiger partial charge in [-0.25, -0.2) is 0 Å². The van der Waals surface area contributed by atoms with Gasteiger partial charge < -0.3 is 15.8 Å². The molecule has 0 fully saturated rings. The summed E-state index contributed by atoms with van der Waals surface area (Å²) >= 11 is 0. The van der Waals surface area contributed by atoms with E-state index >= 15 is 0 Å². The molecule has 4 heteroatoms. The van der Waals surface area contributed by atoms with Crippen LogP contribution in [0.1, 0.15) is 25.8 Å². The molecule has 1 aromatic rings. The van der Waals surface area contributed by atoms with Crippen molar-refractivity contribution in [1.82, 2.24) is 5.32 Å². The van der Waals surface area contributed by atoms with E-state index in [2.05, 4.69) is 5.32 Å². The first-order chi connectivity index (χ1) is 9.04. The predicted molar refractivity (Wildman–Crippen MR) is 77.1 cm³/mol. The number of nitrogens with one attached hydrogen (secondary N) is 1. The van der Waals surface area contributed by atoms with Gasteiger partial charge in [0.15, 0.2) is 0 Å². The Kier molecular flexibility index (Phi) is 6.36. The lowest BCUT2D eigenvalue weighted by atomic mass is 9.99. The van der Waals surface area contributed by atoms with Crippen molar-refractivity contribution in [2.24, 2.45) is 11.7 Å². The summed E-state index contributed by atoms with van der Waals surface area (Å²) in [6, 6.07) is 7.39. The highest BCUT2D eigenvalue weighted by molar-refractivity contribution is 5.81. The molecule has 2 atom stereocenters. The topological polar surface area (TPSA) is 64.4 Å². The van der Waals surface area contributed by atoms with Crippen LogP contribution in [0.15, 0.2) is 24.3 Å². The zero-order valence-corrected chi connectivity index (χ0v) is 12.0. The number of carbonyl (C=O) groups excluding carboxylic acids is 1. The lowest BCUT2D eigenvalue weighted by Gasteiger charge is -2.17. The standard InChI is InChI=1S/C15H24N2O2/c1-4-12(3)14(16)15(18)17-8-9-19-13-7-5-6-11(2)10-13/h5-7,10,12,14H,4,8-9,16H2,1-3H3,(H,17,18). The average Bonchev–Trinajstić information content (AvgIpc) is 2.41. The maximum Gasteiger partial charge on any atom is 0.237 e. The molecule has 1 rings (SSSR count). The minimum Gasteiger partial charge on any atom is -0.492 e. The molecule has 2 unspecified atom stereocenters. The molecule has 106 valence electrons. The first-order valence-electron chi connectivity index (χ1n) is 6.77. The second-order valence-corrected chi connectivity index (χ2v) is 4.87. The molecular weight excluding hydrogens is 240 g/mol. The van der Waals surface area contributed by atoms with Gasteiger partial charge in [-0.3, -0.25) is 4.79 Å². The van der Waals surface area contributed by atoms with Crippen LogP contribution in [0.4, 0.5) is 0 Å². The second-order valence-electron chi connectivity index (χ2n) is 4.87. The fourth-order valence-electron chi connectivity index (χ4n) is 1.68. The van der Waals surface area contributed by atoms with Gasteiger partial charge in [-0.2, -0.15) is 0 Å². The molecule has 0 aromatic heterocycles. The Balaban J connectivity index is 2.26. The maximum atomic E-state index is 11.7. The lowest BCUT2D eigenvalue weighted by Crippen LogP contribution is -2.45. The molecule has 1 amide bonds. The zero-order chi connectivity index (χ0) is 14.3. The number of rotatable bonds is 7. The van der Waals surface area contributed by atoms with Gasteiger partial charge in [0.1, 0.15) is 12.4 Å². The Morgan fingerprint density at radius 3 is 2.84 bits per heavy atom. The molecule has 0 spiro atoms. The molecule has 1 aromatic carbocycles. The van der Waals surface area contributed by atoms with Gasteiger partial charge in [-0.15, -0.1) is 0 Å². The van der Waals surface area contributed by atoms with Crippen molar-refractivity contribution in [3.05, 3.63) is 29.8 Å². The monoisotopic (exact) mass is 264 g/mol. The van der Waals surface area contributed by atoms with Crippen LogP contribution in [-0.2, 0) is 4.79 Å². The third-order valence-corrected chi connectivity index (χ3v) is 3.22. The molecule has 0 aliphatic heterocycles. The number of amides is 1. The SMILES string of the molecule is CCC(C)C(N)C(=O)NCCOc1cccc(C)c1. The van der Waals surface area contributed by atoms with E-state index in [1.165, 1.54) is 0 Å². The minimum atomic E-state index is -0.441. The summed E-state index contributed by atoms with van der Waals surface area (Å²) in [4.78, 5) is 11.7. The molecule has 0 saturated carbocycles. The zero-order valence-electron chi connectivity index (χ0n) is 12.0. The number of benzene rings is 1. The molecule has 0 aliphatic rings. The Hall–Kier alpha value is -1.55. The van der Waals surface area contributed by atoms with E-state index in [9.17, 15) is 4.79 Å². The first-order valence-corrected chi connectivity index (χ1v) is 6.77. The van der Waals surface area contributed by atoms with Crippen LogP contribution < -0.4 is 15.8 Å². The number of carbonyl (C=O) groups is 1. The summed E-state index contributed by atoms with van der Waals surface area (Å²) in [5.74, 6) is 0.903. The van der Waals surface area contributed by atoms with Gasteiger partial charge in [0.25, 0.3) is 0 Å². The minimum absolute atomic E-state index is 0.109. The fourth-order valence-corrected chi connectivity index (χ4v) is 1.68. The first kappa shape index (κ1) is 15.5. The summed E-state index contributed by atoms with van der Waals surface area (Å²) in [6.07, 6.45) is 0.897. The summed E-state index contributed by atoms with van der Waals surface area (Å²) in [5, 5.41) is 2.79. The molecule has 4 nitrogen and oxygen atoms in total. The van der Waals surface area contributed by atoms with Gasteiger partial charge in [-0.1, -0.05) is 32.4 Å². The third kappa shape index (κ3) is 5.30. The smallest absolute Gasteiger partial charge is 0.237 e. The van der Waals surface area contributed by atoms with Crippen LogP contribution in [0.3, 0.4) is 0 Å². The van der Waals surface area contributed by atoms with E-state index in [1.807, 2.05) is 45.0 Å². The Labute approximate surface area is 115 Å². The van der Waals surface area contributed by atoms with Crippen molar-refractivity contribution in [2.75, 3.05) is 13.2 Å². The van der Waals surface area contributed by atoms with Crippen LogP contribution in [0.2, 0.25) is 0 Å². The van der Waals surface area contributed by atoms with E-state index in [1.54, 1.807) is 0 Å². The highest BCUT2D eigenvalue weighted by Gasteiger charge is 2.18. The molecule has 3 N–H and O–H groups in total. The van der Waals surface area contributed by atoms with E-state index in [0.29, 0.717) is 13.2 Å². The molecule has 0 radical (unpaired) electrons. The lowest BCUT2D eigenvalue weighted by molar-refractivity contribution is -0.123. The summed E-state index contributed by atoms with van der Waals surface area (Å²) in [5.41, 5.74) is 6.98. The fraction of sp³-hybridized carbons (Fsp3) is 0.533. The van der Waals surface area contributed by atoms with Gasteiger partial charge in [0, 0.05) is 0 Å². The Bertz CT molecular complexity index is 407. The molecule has 0 aliphatic carbocycles. The number of ether oxygens (including phenoxy) is 1. The normalized spacial score (nSPS) is 13.7. The number of hydrogen-bond acceptors (Lipinski definition) is 3. The van der Waals surface area contributed by atoms with Gasteiger partial charge in [0.05, 0.1) is 12.6 Å². The number of aryl methyl sites for hydroxylation is 1. The summed E-state index contributed by atoms with van der Waals surface area (Å²) in [6.45, 7) is 6.94. The van der Waals surface area contributed by atoms with Crippen molar-refractivity contribution in [2.45, 2.75) is 33.2 Å². The molecule has 0 saturated heterocycles. The van der Waals surface area contributed by atoms with Crippen LogP contribution in [0.5, 0.6) is 5.75 Å². The predicted octanol–water partition coefficient (Wildman–Crippen LogP) is 1.86. The summed E-state index contributed by atoms with van der Waals surface area (Å²) in [7, 11) is 0. The largest absolute Gasteiger partial charge is 0.492 e. The second kappa shape index (κ2) is 7.79. The van der Waals surface area contributed by atoms with Gasteiger partial charge >= 0.3 is 0 Å². The van der Waals surface area contributed by atoms with Crippen molar-refractivity contribution < 1.29 is 9.53 Å². The van der Waals surface area contributed by atoms with E-state index in [0.717, 1.165) is 17.7 Å². The van der Waals surface area contributed by atoms with Crippen molar-refractivity contribution in [3.63, 3.8) is 0 Å². The Morgan fingerprint density at radius 1 is 1.47 bits per heavy atom. The van der Waals surface area contributed by atoms with Gasteiger partial charge in [-0.05, 0) is 30.5 Å². The maximum absolute atomic E-state index is 11.7. The highest BCUT2D eigenvalue weighted by atomic mass is 16.5. The number of hydrogen-bond donors (Lipinski definition) is 2. The van der Waals surface area contributed by atoms with Crippen molar-refractivity contribution in [1.29, 1.82) is 0 Å². The van der Waals surface area contributed by atoms with Crippen molar-refractivity contribution >= 4 is 5.91 Å². The van der Waals surface area contributed by atoms with Crippen LogP contribution in [0, 0.1) is 12.8 Å². The van der Waals surface area contributed by atoms with Gasteiger partial charge in [0.2, 0.25) is 5.91 Å². The molecule has 19 heavy (non-hydrogen) atoms. The molecule has 0 heterocycles. The summed E-state index contributed by atoms with van der Waals surface area (Å²) < 4.78 is 5.55. The highest BCUT2D eigenvalue weighted by Crippen LogP contribution is 2.11. The molecule has 0 bridgehead atoms. The van der Waals surface area contributed by atoms with E-state index < -0.39 is 6.04 Å². The number of nitrogens with two attached hydrogens (primary N) is 1. The van der Waals surface area contributed by atoms with Crippen molar-refractivity contribution in [3.8, 4) is 5.75 Å². The van der Waals surface area contributed by atoms with E-state index in [-0.39, 0.29) is 11.8 Å². The van der Waals surface area contributed by atoms with Crippen LogP contribution in [0.25, 0.3) is 0 Å². The van der Waals surface area contributed by atoms with E-state index in [4.69, 9.17) is 10.5 Å². The van der Waals surface area contributed by atoms with Crippen LogP contribution >= 0.6 is 0 Å². The Morgan fingerprint density at radius 2 is 2.21 bits per heavy atom. The average molecular weight is 264 g/mol. The molecular formula is C15H24N2O2. The third-order valence-electron chi connectivity index (χ3n) is 3.22. The van der Waals surface area contributed by atoms with Crippen LogP contribution in [-0.4, -0.2) is 25.1 Å². The quantitative estimate of drug-likeness (QED) is 0.739.